The number of hydrogen-bond acceptors (Lipinski definition) is 6. The predicted octanol–water partition coefficient (Wildman–Crippen LogP) is 3.28. The van der Waals surface area contributed by atoms with Crippen molar-refractivity contribution in [3.8, 4) is 0 Å². The number of amides is 1. The van der Waals surface area contributed by atoms with Crippen LogP contribution in [0.3, 0.4) is 0 Å². The van der Waals surface area contributed by atoms with E-state index in [1.54, 1.807) is 11.3 Å². The van der Waals surface area contributed by atoms with Crippen LogP contribution in [0.2, 0.25) is 0 Å². The molecule has 2 aliphatic rings. The van der Waals surface area contributed by atoms with Crippen molar-refractivity contribution in [3.05, 3.63) is 40.3 Å². The Labute approximate surface area is 187 Å². The highest BCUT2D eigenvalue weighted by atomic mass is 32.1. The topological polar surface area (TPSA) is 68.4 Å². The van der Waals surface area contributed by atoms with E-state index in [1.807, 2.05) is 18.2 Å². The highest BCUT2D eigenvalue weighted by Gasteiger charge is 2.30. The van der Waals surface area contributed by atoms with E-state index in [0.717, 1.165) is 92.8 Å². The number of imidazole rings is 1. The Bertz CT molecular complexity index is 1000. The first kappa shape index (κ1) is 20.5. The normalized spacial score (nSPS) is 19.1. The molecule has 0 bridgehead atoms. The quantitative estimate of drug-likeness (QED) is 0.677. The van der Waals surface area contributed by atoms with E-state index in [-0.39, 0.29) is 5.92 Å². The third-order valence-electron chi connectivity index (χ3n) is 6.47. The van der Waals surface area contributed by atoms with E-state index < -0.39 is 0 Å². The second kappa shape index (κ2) is 8.96. The highest BCUT2D eigenvalue weighted by Crippen LogP contribution is 2.23. The number of thiazole rings is 1. The molecule has 0 atom stereocenters. The van der Waals surface area contributed by atoms with Crippen LogP contribution >= 0.6 is 11.3 Å². The standard InChI is InChI=1S/C23H30N6OS/c1-17-24-19(16-31-17)15-27-11-7-18(8-12-27)22(30)28-9-4-10-29(14-13-28)23-25-20-5-2-3-6-21(20)26-23/h2-3,5-6,16,18H,4,7-15H2,1H3,(H,25,26). The Morgan fingerprint density at radius 1 is 1.10 bits per heavy atom. The van der Waals surface area contributed by atoms with E-state index in [9.17, 15) is 4.79 Å². The van der Waals surface area contributed by atoms with E-state index in [1.165, 1.54) is 0 Å². The zero-order valence-electron chi connectivity index (χ0n) is 18.1. The SMILES string of the molecule is Cc1nc(CN2CCC(C(=O)N3CCCN(c4nc5ccccc5[nH]4)CC3)CC2)cs1. The van der Waals surface area contributed by atoms with Gasteiger partial charge in [0.2, 0.25) is 11.9 Å². The van der Waals surface area contributed by atoms with Gasteiger partial charge in [-0.25, -0.2) is 9.97 Å². The van der Waals surface area contributed by atoms with Gasteiger partial charge >= 0.3 is 0 Å². The van der Waals surface area contributed by atoms with Crippen LogP contribution in [-0.2, 0) is 11.3 Å². The van der Waals surface area contributed by atoms with Gasteiger partial charge < -0.3 is 14.8 Å². The maximum atomic E-state index is 13.2. The third-order valence-corrected chi connectivity index (χ3v) is 7.30. The number of rotatable bonds is 4. The number of nitrogens with zero attached hydrogens (tertiary/aromatic N) is 5. The fourth-order valence-electron chi connectivity index (χ4n) is 4.74. The summed E-state index contributed by atoms with van der Waals surface area (Å²) in [5.74, 6) is 1.42. The van der Waals surface area contributed by atoms with Gasteiger partial charge in [-0.3, -0.25) is 9.69 Å². The van der Waals surface area contributed by atoms with Crippen LogP contribution in [0.4, 0.5) is 5.95 Å². The molecule has 2 fully saturated rings. The minimum atomic E-state index is 0.158. The number of nitrogens with one attached hydrogen (secondary N) is 1. The molecule has 0 spiro atoms. The minimum absolute atomic E-state index is 0.158. The van der Waals surface area contributed by atoms with Crippen molar-refractivity contribution >= 4 is 34.2 Å². The van der Waals surface area contributed by atoms with Crippen molar-refractivity contribution in [1.82, 2.24) is 24.8 Å². The lowest BCUT2D eigenvalue weighted by atomic mass is 9.95. The second-order valence-corrected chi connectivity index (χ2v) is 9.71. The first-order valence-corrected chi connectivity index (χ1v) is 12.2. The number of carbonyl (C=O) groups is 1. The van der Waals surface area contributed by atoms with Crippen LogP contribution in [0.1, 0.15) is 30.0 Å². The first-order chi connectivity index (χ1) is 15.2. The smallest absolute Gasteiger partial charge is 0.225 e. The summed E-state index contributed by atoms with van der Waals surface area (Å²) in [6.45, 7) is 8.28. The molecule has 3 aromatic rings. The summed E-state index contributed by atoms with van der Waals surface area (Å²) in [5.41, 5.74) is 3.22. The van der Waals surface area contributed by atoms with Gasteiger partial charge in [0.15, 0.2) is 0 Å². The molecule has 1 N–H and O–H groups in total. The number of aromatic amines is 1. The molecule has 164 valence electrons. The molecular formula is C23H30N6OS. The van der Waals surface area contributed by atoms with Crippen LogP contribution in [0.25, 0.3) is 11.0 Å². The van der Waals surface area contributed by atoms with E-state index in [2.05, 4.69) is 43.0 Å². The zero-order valence-corrected chi connectivity index (χ0v) is 18.9. The molecular weight excluding hydrogens is 408 g/mol. The molecule has 4 heterocycles. The number of aromatic nitrogens is 3. The largest absolute Gasteiger partial charge is 0.341 e. The third kappa shape index (κ3) is 4.60. The molecule has 7 nitrogen and oxygen atoms in total. The van der Waals surface area contributed by atoms with Gasteiger partial charge in [-0.05, 0) is 51.4 Å². The van der Waals surface area contributed by atoms with Crippen LogP contribution in [0.15, 0.2) is 29.6 Å². The fraction of sp³-hybridized carbons (Fsp3) is 0.522. The number of hydrogen-bond donors (Lipinski definition) is 1. The van der Waals surface area contributed by atoms with Crippen LogP contribution < -0.4 is 4.90 Å². The van der Waals surface area contributed by atoms with Gasteiger partial charge in [-0.15, -0.1) is 11.3 Å². The van der Waals surface area contributed by atoms with Crippen LogP contribution in [0, 0.1) is 12.8 Å². The van der Waals surface area contributed by atoms with Crippen LogP contribution in [0.5, 0.6) is 0 Å². The van der Waals surface area contributed by atoms with Gasteiger partial charge in [-0.1, -0.05) is 12.1 Å². The summed E-state index contributed by atoms with van der Waals surface area (Å²) in [4.78, 5) is 32.8. The molecule has 2 aliphatic heterocycles. The van der Waals surface area contributed by atoms with Gasteiger partial charge in [0.05, 0.1) is 21.7 Å². The Morgan fingerprint density at radius 3 is 2.71 bits per heavy atom. The molecule has 0 radical (unpaired) electrons. The molecule has 1 amide bonds. The Hall–Kier alpha value is -2.45. The lowest BCUT2D eigenvalue weighted by Gasteiger charge is -2.33. The molecule has 31 heavy (non-hydrogen) atoms. The number of para-hydroxylation sites is 2. The predicted molar refractivity (Wildman–Crippen MR) is 124 cm³/mol. The summed E-state index contributed by atoms with van der Waals surface area (Å²) >= 11 is 1.71. The fourth-order valence-corrected chi connectivity index (χ4v) is 5.35. The molecule has 8 heteroatoms. The van der Waals surface area contributed by atoms with Crippen molar-refractivity contribution in [1.29, 1.82) is 0 Å². The summed E-state index contributed by atoms with van der Waals surface area (Å²) in [5, 5.41) is 3.27. The van der Waals surface area contributed by atoms with Crippen molar-refractivity contribution < 1.29 is 4.79 Å². The number of H-pyrrole nitrogens is 1. The van der Waals surface area contributed by atoms with Gasteiger partial charge in [0.1, 0.15) is 0 Å². The van der Waals surface area contributed by atoms with Gasteiger partial charge in [-0.2, -0.15) is 0 Å². The minimum Gasteiger partial charge on any atom is -0.341 e. The van der Waals surface area contributed by atoms with Crippen molar-refractivity contribution in [2.24, 2.45) is 5.92 Å². The highest BCUT2D eigenvalue weighted by molar-refractivity contribution is 7.09. The van der Waals surface area contributed by atoms with Gasteiger partial charge in [0, 0.05) is 44.0 Å². The summed E-state index contributed by atoms with van der Waals surface area (Å²) in [7, 11) is 0. The summed E-state index contributed by atoms with van der Waals surface area (Å²) in [6, 6.07) is 8.13. The number of carbonyl (C=O) groups excluding carboxylic acids is 1. The number of likely N-dealkylation sites (tertiary alicyclic amines) is 1. The second-order valence-electron chi connectivity index (χ2n) is 8.65. The monoisotopic (exact) mass is 438 g/mol. The Morgan fingerprint density at radius 2 is 1.94 bits per heavy atom. The Kier molecular flexibility index (Phi) is 5.91. The molecule has 0 aliphatic carbocycles. The maximum absolute atomic E-state index is 13.2. The molecule has 5 rings (SSSR count). The maximum Gasteiger partial charge on any atom is 0.225 e. The molecule has 0 unspecified atom stereocenters. The Balaban J connectivity index is 1.14. The molecule has 2 saturated heterocycles. The van der Waals surface area contributed by atoms with Crippen molar-refractivity contribution in [3.63, 3.8) is 0 Å². The summed E-state index contributed by atoms with van der Waals surface area (Å²) < 4.78 is 0. The lowest BCUT2D eigenvalue weighted by molar-refractivity contribution is -0.136. The average Bonchev–Trinajstić information content (AvgIpc) is 3.31. The van der Waals surface area contributed by atoms with E-state index in [0.29, 0.717) is 5.91 Å². The molecule has 1 aromatic carbocycles. The van der Waals surface area contributed by atoms with E-state index in [4.69, 9.17) is 4.98 Å². The van der Waals surface area contributed by atoms with Crippen LogP contribution in [-0.4, -0.2) is 69.9 Å². The van der Waals surface area contributed by atoms with E-state index >= 15 is 0 Å². The number of piperidine rings is 1. The molecule has 2 aromatic heterocycles. The summed E-state index contributed by atoms with van der Waals surface area (Å²) in [6.07, 6.45) is 2.88. The lowest BCUT2D eigenvalue weighted by Crippen LogP contribution is -2.43. The number of aryl methyl sites for hydroxylation is 1. The van der Waals surface area contributed by atoms with Gasteiger partial charge in [0.25, 0.3) is 0 Å². The zero-order chi connectivity index (χ0) is 21.2. The average molecular weight is 439 g/mol. The number of fused-ring (bicyclic) bond motifs is 1. The number of benzene rings is 1. The van der Waals surface area contributed by atoms with Crippen molar-refractivity contribution in [2.45, 2.75) is 32.7 Å². The van der Waals surface area contributed by atoms with Crippen molar-refractivity contribution in [2.75, 3.05) is 44.2 Å². The first-order valence-electron chi connectivity index (χ1n) is 11.3. The number of anilines is 1. The molecule has 0 saturated carbocycles.